The quantitative estimate of drug-likeness (QED) is 0.488. The molecule has 1 heterocycles. The van der Waals surface area contributed by atoms with Gasteiger partial charge in [0, 0.05) is 31.3 Å². The summed E-state index contributed by atoms with van der Waals surface area (Å²) >= 11 is 0. The van der Waals surface area contributed by atoms with Crippen molar-refractivity contribution in [3.05, 3.63) is 71.9 Å². The molecule has 0 aliphatic carbocycles. The summed E-state index contributed by atoms with van der Waals surface area (Å²) in [6.45, 7) is 2.25. The van der Waals surface area contributed by atoms with Gasteiger partial charge in [0.1, 0.15) is 0 Å². The van der Waals surface area contributed by atoms with Crippen LogP contribution in [0, 0.1) is 0 Å². The number of nitrogens with one attached hydrogen (secondary N) is 1. The van der Waals surface area contributed by atoms with E-state index in [0.717, 1.165) is 13.0 Å². The van der Waals surface area contributed by atoms with Crippen molar-refractivity contribution in [1.82, 2.24) is 9.88 Å². The van der Waals surface area contributed by atoms with Crippen molar-refractivity contribution in [3.63, 3.8) is 0 Å². The SMILES string of the molecule is O=C(O)CCNCc1ccc2c(ccn2CCCCCc2ccccc2)c1. The Labute approximate surface area is 160 Å². The highest BCUT2D eigenvalue weighted by Gasteiger charge is 2.03. The molecule has 27 heavy (non-hydrogen) atoms. The van der Waals surface area contributed by atoms with Gasteiger partial charge in [-0.1, -0.05) is 42.8 Å². The van der Waals surface area contributed by atoms with Gasteiger partial charge in [0.2, 0.25) is 0 Å². The van der Waals surface area contributed by atoms with Gasteiger partial charge in [-0.15, -0.1) is 0 Å². The smallest absolute Gasteiger partial charge is 0.304 e. The lowest BCUT2D eigenvalue weighted by molar-refractivity contribution is -0.136. The first-order chi connectivity index (χ1) is 13.2. The standard InChI is InChI=1S/C23H28N2O2/c26-23(27)12-14-24-18-20-10-11-22-21(17-20)13-16-25(22)15-6-2-5-9-19-7-3-1-4-8-19/h1,3-4,7-8,10-11,13,16-17,24H,2,5-6,9,12,14-15,18H2,(H,26,27). The van der Waals surface area contributed by atoms with Crippen molar-refractivity contribution >= 4 is 16.9 Å². The molecule has 0 atom stereocenters. The van der Waals surface area contributed by atoms with E-state index < -0.39 is 5.97 Å². The second-order valence-corrected chi connectivity index (χ2v) is 7.02. The monoisotopic (exact) mass is 364 g/mol. The van der Waals surface area contributed by atoms with Gasteiger partial charge >= 0.3 is 5.97 Å². The lowest BCUT2D eigenvalue weighted by atomic mass is 10.1. The third kappa shape index (κ3) is 5.97. The number of unbranched alkanes of at least 4 members (excludes halogenated alkanes) is 2. The van der Waals surface area contributed by atoms with Gasteiger partial charge in [-0.3, -0.25) is 4.79 Å². The van der Waals surface area contributed by atoms with Crippen LogP contribution in [-0.4, -0.2) is 22.2 Å². The zero-order valence-corrected chi connectivity index (χ0v) is 15.7. The molecule has 0 aliphatic heterocycles. The van der Waals surface area contributed by atoms with E-state index in [9.17, 15) is 4.79 Å². The summed E-state index contributed by atoms with van der Waals surface area (Å²) in [7, 11) is 0. The van der Waals surface area contributed by atoms with E-state index in [1.807, 2.05) is 0 Å². The molecule has 4 heteroatoms. The molecule has 0 saturated heterocycles. The number of fused-ring (bicyclic) bond motifs is 1. The van der Waals surface area contributed by atoms with Crippen LogP contribution < -0.4 is 5.32 Å². The zero-order valence-electron chi connectivity index (χ0n) is 15.7. The molecular weight excluding hydrogens is 336 g/mol. The molecule has 0 unspecified atom stereocenters. The minimum atomic E-state index is -0.765. The summed E-state index contributed by atoms with van der Waals surface area (Å²) in [4.78, 5) is 10.5. The first-order valence-corrected chi connectivity index (χ1v) is 9.76. The average Bonchev–Trinajstić information content (AvgIpc) is 3.08. The molecule has 4 nitrogen and oxygen atoms in total. The highest BCUT2D eigenvalue weighted by atomic mass is 16.4. The van der Waals surface area contributed by atoms with E-state index in [2.05, 4.69) is 70.7 Å². The normalized spacial score (nSPS) is 11.1. The third-order valence-corrected chi connectivity index (χ3v) is 4.89. The molecule has 142 valence electrons. The second kappa shape index (κ2) is 9.93. The maximum atomic E-state index is 10.5. The molecular formula is C23H28N2O2. The topological polar surface area (TPSA) is 54.3 Å². The van der Waals surface area contributed by atoms with Crippen molar-refractivity contribution in [2.24, 2.45) is 0 Å². The minimum absolute atomic E-state index is 0.156. The molecule has 0 bridgehead atoms. The van der Waals surface area contributed by atoms with Crippen LogP contribution in [0.1, 0.15) is 36.8 Å². The summed E-state index contributed by atoms with van der Waals surface area (Å²) in [5.74, 6) is -0.765. The molecule has 3 aromatic rings. The number of benzene rings is 2. The van der Waals surface area contributed by atoms with Gasteiger partial charge in [-0.25, -0.2) is 0 Å². The van der Waals surface area contributed by atoms with Crippen molar-refractivity contribution in [1.29, 1.82) is 0 Å². The molecule has 0 aliphatic rings. The average molecular weight is 364 g/mol. The van der Waals surface area contributed by atoms with Crippen LogP contribution in [0.25, 0.3) is 10.9 Å². The lowest BCUT2D eigenvalue weighted by Gasteiger charge is -2.07. The van der Waals surface area contributed by atoms with E-state index in [0.29, 0.717) is 13.1 Å². The number of carboxylic acid groups (broad SMARTS) is 1. The van der Waals surface area contributed by atoms with Crippen LogP contribution >= 0.6 is 0 Å². The molecule has 3 rings (SSSR count). The number of carboxylic acids is 1. The zero-order chi connectivity index (χ0) is 18.9. The predicted molar refractivity (Wildman–Crippen MR) is 110 cm³/mol. The van der Waals surface area contributed by atoms with Gasteiger partial charge in [0.15, 0.2) is 0 Å². The van der Waals surface area contributed by atoms with Crippen molar-refractivity contribution in [2.45, 2.75) is 45.2 Å². The van der Waals surface area contributed by atoms with Crippen LogP contribution in [-0.2, 0) is 24.3 Å². The Morgan fingerprint density at radius 3 is 2.63 bits per heavy atom. The summed E-state index contributed by atoms with van der Waals surface area (Å²) in [5, 5.41) is 13.1. The summed E-state index contributed by atoms with van der Waals surface area (Å²) in [6.07, 6.45) is 7.14. The Morgan fingerprint density at radius 1 is 0.963 bits per heavy atom. The van der Waals surface area contributed by atoms with Crippen LogP contribution in [0.5, 0.6) is 0 Å². The van der Waals surface area contributed by atoms with E-state index in [1.54, 1.807) is 0 Å². The van der Waals surface area contributed by atoms with Gasteiger partial charge in [-0.05, 0) is 54.0 Å². The third-order valence-electron chi connectivity index (χ3n) is 4.89. The van der Waals surface area contributed by atoms with Crippen LogP contribution in [0.4, 0.5) is 0 Å². The van der Waals surface area contributed by atoms with Crippen LogP contribution in [0.3, 0.4) is 0 Å². The van der Waals surface area contributed by atoms with Crippen molar-refractivity contribution < 1.29 is 9.90 Å². The van der Waals surface area contributed by atoms with Crippen LogP contribution in [0.15, 0.2) is 60.8 Å². The van der Waals surface area contributed by atoms with E-state index in [1.165, 1.54) is 41.3 Å². The van der Waals surface area contributed by atoms with Crippen LogP contribution in [0.2, 0.25) is 0 Å². The van der Waals surface area contributed by atoms with Gasteiger partial charge in [0.25, 0.3) is 0 Å². The Hall–Kier alpha value is -2.59. The van der Waals surface area contributed by atoms with Gasteiger partial charge in [0.05, 0.1) is 6.42 Å². The van der Waals surface area contributed by atoms with E-state index in [-0.39, 0.29) is 6.42 Å². The molecule has 0 amide bonds. The minimum Gasteiger partial charge on any atom is -0.481 e. The molecule has 1 aromatic heterocycles. The fourth-order valence-corrected chi connectivity index (χ4v) is 3.42. The number of carbonyl (C=O) groups is 1. The lowest BCUT2D eigenvalue weighted by Crippen LogP contribution is -2.17. The Bertz CT molecular complexity index is 855. The number of aromatic nitrogens is 1. The largest absolute Gasteiger partial charge is 0.481 e. The number of hydrogen-bond acceptors (Lipinski definition) is 2. The number of nitrogens with zero attached hydrogens (tertiary/aromatic N) is 1. The summed E-state index contributed by atoms with van der Waals surface area (Å²) in [6, 6.07) is 19.3. The number of aryl methyl sites for hydroxylation is 2. The summed E-state index contributed by atoms with van der Waals surface area (Å²) in [5.41, 5.74) is 3.88. The highest BCUT2D eigenvalue weighted by molar-refractivity contribution is 5.80. The van der Waals surface area contributed by atoms with E-state index >= 15 is 0 Å². The Morgan fingerprint density at radius 2 is 1.81 bits per heavy atom. The number of aliphatic carboxylic acids is 1. The predicted octanol–water partition coefficient (Wildman–Crippen LogP) is 4.62. The molecule has 0 radical (unpaired) electrons. The fourth-order valence-electron chi connectivity index (χ4n) is 3.42. The Kier molecular flexibility index (Phi) is 7.05. The number of rotatable bonds is 11. The first-order valence-electron chi connectivity index (χ1n) is 9.76. The highest BCUT2D eigenvalue weighted by Crippen LogP contribution is 2.19. The van der Waals surface area contributed by atoms with Crippen molar-refractivity contribution in [2.75, 3.05) is 6.54 Å². The molecule has 0 saturated carbocycles. The second-order valence-electron chi connectivity index (χ2n) is 7.02. The van der Waals surface area contributed by atoms with Gasteiger partial charge < -0.3 is 15.0 Å². The van der Waals surface area contributed by atoms with E-state index in [4.69, 9.17) is 5.11 Å². The molecule has 0 fully saturated rings. The maximum Gasteiger partial charge on any atom is 0.304 e. The first kappa shape index (κ1) is 19.2. The molecule has 0 spiro atoms. The Balaban J connectivity index is 1.44. The molecule has 2 aromatic carbocycles. The van der Waals surface area contributed by atoms with Gasteiger partial charge in [-0.2, -0.15) is 0 Å². The summed E-state index contributed by atoms with van der Waals surface area (Å²) < 4.78 is 2.33. The fraction of sp³-hybridized carbons (Fsp3) is 0.348. The molecule has 2 N–H and O–H groups in total. The van der Waals surface area contributed by atoms with Crippen molar-refractivity contribution in [3.8, 4) is 0 Å². The maximum absolute atomic E-state index is 10.5. The number of hydrogen-bond donors (Lipinski definition) is 2.